The van der Waals surface area contributed by atoms with Crippen LogP contribution in [0.2, 0.25) is 0 Å². The van der Waals surface area contributed by atoms with Crippen molar-refractivity contribution in [3.8, 4) is 0 Å². The van der Waals surface area contributed by atoms with E-state index in [4.69, 9.17) is 0 Å². The molecule has 28 heavy (non-hydrogen) atoms. The summed E-state index contributed by atoms with van der Waals surface area (Å²) < 4.78 is 0. The molecule has 150 valence electrons. The first-order chi connectivity index (χ1) is 13.0. The molecule has 2 aliphatic rings. The van der Waals surface area contributed by atoms with Gasteiger partial charge in [0.2, 0.25) is 0 Å². The fourth-order valence-electron chi connectivity index (χ4n) is 6.46. The number of aliphatic hydroxyl groups excluding tert-OH is 2. The molecule has 0 amide bonds. The Bertz CT molecular complexity index is 946. The van der Waals surface area contributed by atoms with Gasteiger partial charge in [0, 0.05) is 0 Å². The maximum atomic E-state index is 11.8. The van der Waals surface area contributed by atoms with E-state index in [1.165, 1.54) is 0 Å². The van der Waals surface area contributed by atoms with Crippen molar-refractivity contribution in [2.24, 2.45) is 0 Å². The normalized spacial score (nSPS) is 44.4. The van der Waals surface area contributed by atoms with Crippen LogP contribution in [0.3, 0.4) is 0 Å². The first-order valence-electron chi connectivity index (χ1n) is 9.58. The van der Waals surface area contributed by atoms with Crippen molar-refractivity contribution < 1.29 is 25.5 Å². The van der Waals surface area contributed by atoms with Gasteiger partial charge in [-0.1, -0.05) is 48.5 Å². The van der Waals surface area contributed by atoms with Gasteiger partial charge in [0.15, 0.2) is 0 Å². The van der Waals surface area contributed by atoms with Gasteiger partial charge in [0.25, 0.3) is 0 Å². The monoisotopic (exact) mass is 384 g/mol. The van der Waals surface area contributed by atoms with Crippen LogP contribution < -0.4 is 0 Å². The SMILES string of the molecule is Cc1ccccc1C1(C)C(O)[C@@]2(O)C(C)(c3ccccc3C)[C@@](O)(CO)[C@@]12O. The van der Waals surface area contributed by atoms with Crippen LogP contribution in [0.1, 0.15) is 36.1 Å². The number of fused-ring (bicyclic) bond motifs is 1. The Labute approximate surface area is 164 Å². The molecule has 0 heterocycles. The molecular weight excluding hydrogens is 356 g/mol. The van der Waals surface area contributed by atoms with Crippen LogP contribution in [-0.2, 0) is 10.8 Å². The van der Waals surface area contributed by atoms with Crippen molar-refractivity contribution in [3.05, 3.63) is 70.8 Å². The first-order valence-corrected chi connectivity index (χ1v) is 9.58. The molecule has 6 atom stereocenters. The first kappa shape index (κ1) is 19.6. The third-order valence-electron chi connectivity index (χ3n) is 8.05. The smallest absolute Gasteiger partial charge is 0.140 e. The highest BCUT2D eigenvalue weighted by Gasteiger charge is 3.00. The maximum absolute atomic E-state index is 11.8. The minimum Gasteiger partial charge on any atom is -0.393 e. The topological polar surface area (TPSA) is 101 Å². The Hall–Kier alpha value is -1.76. The minimum absolute atomic E-state index is 0.588. The van der Waals surface area contributed by atoms with Crippen molar-refractivity contribution in [1.82, 2.24) is 0 Å². The van der Waals surface area contributed by atoms with Gasteiger partial charge in [-0.25, -0.2) is 0 Å². The van der Waals surface area contributed by atoms with E-state index in [0.29, 0.717) is 11.1 Å². The molecule has 2 aromatic rings. The zero-order valence-corrected chi connectivity index (χ0v) is 16.6. The number of hydrogen-bond donors (Lipinski definition) is 5. The second kappa shape index (κ2) is 5.43. The van der Waals surface area contributed by atoms with Gasteiger partial charge in [0.05, 0.1) is 23.5 Å². The van der Waals surface area contributed by atoms with Crippen LogP contribution in [0.25, 0.3) is 0 Å². The number of hydrogen-bond acceptors (Lipinski definition) is 5. The summed E-state index contributed by atoms with van der Waals surface area (Å²) in [5.74, 6) is 0. The minimum atomic E-state index is -2.13. The second-order valence-corrected chi connectivity index (χ2v) is 8.85. The lowest BCUT2D eigenvalue weighted by Gasteiger charge is -2.87. The van der Waals surface area contributed by atoms with E-state index >= 15 is 0 Å². The molecule has 0 aliphatic heterocycles. The Kier molecular flexibility index (Phi) is 3.79. The molecule has 3 unspecified atom stereocenters. The van der Waals surface area contributed by atoms with Crippen molar-refractivity contribution in [3.63, 3.8) is 0 Å². The summed E-state index contributed by atoms with van der Waals surface area (Å²) in [6, 6.07) is 14.5. The lowest BCUT2D eigenvalue weighted by atomic mass is 9.21. The highest BCUT2D eigenvalue weighted by atomic mass is 16.5. The highest BCUT2D eigenvalue weighted by molar-refractivity contribution is 5.64. The van der Waals surface area contributed by atoms with Crippen LogP contribution >= 0.6 is 0 Å². The number of aryl methyl sites for hydroxylation is 2. The summed E-state index contributed by atoms with van der Waals surface area (Å²) in [6.07, 6.45) is -1.34. The summed E-state index contributed by atoms with van der Waals surface area (Å²) in [5.41, 5.74) is -6.20. The van der Waals surface area contributed by atoms with E-state index in [0.717, 1.165) is 11.1 Å². The molecule has 0 saturated heterocycles. The Balaban J connectivity index is 1.98. The zero-order chi connectivity index (χ0) is 20.8. The molecule has 2 aromatic carbocycles. The molecule has 0 bridgehead atoms. The molecule has 2 fully saturated rings. The number of benzene rings is 2. The summed E-state index contributed by atoms with van der Waals surface area (Å²) in [5, 5.41) is 56.7. The van der Waals surface area contributed by atoms with Crippen molar-refractivity contribution in [1.29, 1.82) is 0 Å². The molecule has 0 aromatic heterocycles. The van der Waals surface area contributed by atoms with E-state index in [1.807, 2.05) is 38.1 Å². The van der Waals surface area contributed by atoms with Crippen LogP contribution in [-0.4, -0.2) is 55.0 Å². The van der Waals surface area contributed by atoms with Crippen LogP contribution in [0, 0.1) is 13.8 Å². The Morgan fingerprint density at radius 2 is 1.29 bits per heavy atom. The summed E-state index contributed by atoms with van der Waals surface area (Å²) in [6.45, 7) is 6.16. The van der Waals surface area contributed by atoms with Gasteiger partial charge in [-0.3, -0.25) is 0 Å². The highest BCUT2D eigenvalue weighted by Crippen LogP contribution is 2.79. The molecule has 0 radical (unpaired) electrons. The van der Waals surface area contributed by atoms with Gasteiger partial charge < -0.3 is 25.5 Å². The lowest BCUT2D eigenvalue weighted by molar-refractivity contribution is -0.498. The molecule has 5 nitrogen and oxygen atoms in total. The van der Waals surface area contributed by atoms with Gasteiger partial charge in [0.1, 0.15) is 16.8 Å². The molecule has 5 heteroatoms. The largest absolute Gasteiger partial charge is 0.393 e. The van der Waals surface area contributed by atoms with E-state index in [-0.39, 0.29) is 0 Å². The van der Waals surface area contributed by atoms with E-state index in [2.05, 4.69) is 0 Å². The zero-order valence-electron chi connectivity index (χ0n) is 16.6. The summed E-state index contributed by atoms with van der Waals surface area (Å²) in [4.78, 5) is 0. The predicted octanol–water partition coefficient (Wildman–Crippen LogP) is 1.09. The predicted molar refractivity (Wildman–Crippen MR) is 105 cm³/mol. The number of aliphatic hydroxyl groups is 5. The average molecular weight is 384 g/mol. The fraction of sp³-hybridized carbons (Fsp3) is 0.478. The summed E-state index contributed by atoms with van der Waals surface area (Å²) >= 11 is 0. The average Bonchev–Trinajstić information content (AvgIpc) is 2.70. The van der Waals surface area contributed by atoms with Gasteiger partial charge in [-0.15, -0.1) is 0 Å². The fourth-order valence-corrected chi connectivity index (χ4v) is 6.46. The van der Waals surface area contributed by atoms with Crippen LogP contribution in [0.15, 0.2) is 48.5 Å². The molecular formula is C23H28O5. The van der Waals surface area contributed by atoms with E-state index < -0.39 is 40.3 Å². The quantitative estimate of drug-likeness (QED) is 0.545. The van der Waals surface area contributed by atoms with Gasteiger partial charge in [-0.2, -0.15) is 0 Å². The Morgan fingerprint density at radius 3 is 1.75 bits per heavy atom. The van der Waals surface area contributed by atoms with Crippen molar-refractivity contribution in [2.75, 3.05) is 6.61 Å². The molecule has 2 aliphatic carbocycles. The van der Waals surface area contributed by atoms with Gasteiger partial charge in [-0.05, 0) is 49.9 Å². The van der Waals surface area contributed by atoms with Gasteiger partial charge >= 0.3 is 0 Å². The molecule has 4 rings (SSSR count). The standard InChI is InChI=1S/C23H28O5/c1-14-9-5-7-11-16(14)19(3)18(25)22(27)20(4,17-12-8-6-10-15(17)2)21(26,13-24)23(19,22)28/h5-12,18,24-28H,13H2,1-4H3/t18?,19?,20?,21-,22+,23-/m0/s1. The van der Waals surface area contributed by atoms with Crippen LogP contribution in [0.5, 0.6) is 0 Å². The maximum Gasteiger partial charge on any atom is 0.140 e. The third-order valence-corrected chi connectivity index (χ3v) is 8.05. The summed E-state index contributed by atoms with van der Waals surface area (Å²) in [7, 11) is 0. The van der Waals surface area contributed by atoms with Crippen molar-refractivity contribution >= 4 is 0 Å². The van der Waals surface area contributed by atoms with Crippen molar-refractivity contribution in [2.45, 2.75) is 61.4 Å². The molecule has 2 saturated carbocycles. The molecule has 5 N–H and O–H groups in total. The number of rotatable bonds is 3. The van der Waals surface area contributed by atoms with Crippen LogP contribution in [0.4, 0.5) is 0 Å². The molecule has 0 spiro atoms. The lowest BCUT2D eigenvalue weighted by Crippen LogP contribution is -3.09. The van der Waals surface area contributed by atoms with E-state index in [9.17, 15) is 25.5 Å². The Morgan fingerprint density at radius 1 is 0.821 bits per heavy atom. The third kappa shape index (κ3) is 1.54. The van der Waals surface area contributed by atoms with E-state index in [1.54, 1.807) is 38.1 Å². The second-order valence-electron chi connectivity index (χ2n) is 8.85.